The summed E-state index contributed by atoms with van der Waals surface area (Å²) in [4.78, 5) is 17.0. The molecule has 1 aliphatic rings. The number of carbonyl (C=O) groups excluding carboxylic acids is 1. The maximum absolute atomic E-state index is 12.1. The minimum atomic E-state index is 0.0758. The number of aryl methyl sites for hydroxylation is 1. The lowest BCUT2D eigenvalue weighted by Crippen LogP contribution is -2.47. The molecule has 1 saturated heterocycles. The van der Waals surface area contributed by atoms with Gasteiger partial charge < -0.3 is 10.2 Å². The van der Waals surface area contributed by atoms with Gasteiger partial charge in [-0.3, -0.25) is 9.69 Å². The molecule has 3 rings (SSSR count). The maximum atomic E-state index is 12.1. The van der Waals surface area contributed by atoms with Gasteiger partial charge in [-0.15, -0.1) is 0 Å². The molecule has 0 spiro atoms. The summed E-state index contributed by atoms with van der Waals surface area (Å²) in [5.41, 5.74) is 5.00. The van der Waals surface area contributed by atoms with E-state index in [0.29, 0.717) is 18.0 Å². The Balaban J connectivity index is 1.41. The summed E-state index contributed by atoms with van der Waals surface area (Å²) in [5.74, 6) is 0.0758. The molecule has 0 radical (unpaired) electrons. The summed E-state index contributed by atoms with van der Waals surface area (Å²) in [6.07, 6.45) is 0.522. The minimum absolute atomic E-state index is 0.0758. The number of nitrogens with one attached hydrogen (secondary N) is 1. The van der Waals surface area contributed by atoms with Crippen molar-refractivity contribution in [2.45, 2.75) is 26.8 Å². The number of carbonyl (C=O) groups is 1. The first-order chi connectivity index (χ1) is 13.0. The fraction of sp³-hybridized carbons (Fsp3) is 0.409. The van der Waals surface area contributed by atoms with Gasteiger partial charge in [0.2, 0.25) is 5.91 Å². The lowest BCUT2D eigenvalue weighted by molar-refractivity contribution is -0.121. The van der Waals surface area contributed by atoms with E-state index in [1.54, 1.807) is 0 Å². The molecule has 0 atom stereocenters. The largest absolute Gasteiger partial charge is 0.369 e. The highest BCUT2D eigenvalue weighted by Crippen LogP contribution is 2.23. The van der Waals surface area contributed by atoms with Gasteiger partial charge in [-0.05, 0) is 42.7 Å². The SMILES string of the molecule is Cc1cccc(N2CCN(CCC(=O)NCc3ccccc3Cl)CC2)c1C. The summed E-state index contributed by atoms with van der Waals surface area (Å²) in [6.45, 7) is 9.64. The van der Waals surface area contributed by atoms with Gasteiger partial charge in [0, 0.05) is 56.4 Å². The summed E-state index contributed by atoms with van der Waals surface area (Å²) in [5, 5.41) is 3.66. The average Bonchev–Trinajstić information content (AvgIpc) is 2.68. The van der Waals surface area contributed by atoms with Gasteiger partial charge in [-0.25, -0.2) is 0 Å². The molecular formula is C22H28ClN3O. The van der Waals surface area contributed by atoms with Crippen LogP contribution in [0.25, 0.3) is 0 Å². The summed E-state index contributed by atoms with van der Waals surface area (Å²) in [6, 6.07) is 14.1. The molecule has 0 aromatic heterocycles. The molecule has 1 heterocycles. The Hall–Kier alpha value is -2.04. The van der Waals surface area contributed by atoms with Crippen molar-refractivity contribution in [2.75, 3.05) is 37.6 Å². The third-order valence-corrected chi connectivity index (χ3v) is 5.75. The van der Waals surface area contributed by atoms with Crippen molar-refractivity contribution >= 4 is 23.2 Å². The number of anilines is 1. The number of piperazine rings is 1. The molecule has 0 aliphatic carbocycles. The minimum Gasteiger partial charge on any atom is -0.369 e. The quantitative estimate of drug-likeness (QED) is 0.821. The Labute approximate surface area is 167 Å². The van der Waals surface area contributed by atoms with Crippen molar-refractivity contribution in [1.82, 2.24) is 10.2 Å². The Morgan fingerprint density at radius 2 is 1.78 bits per heavy atom. The van der Waals surface area contributed by atoms with Crippen LogP contribution in [0, 0.1) is 13.8 Å². The van der Waals surface area contributed by atoms with E-state index in [0.717, 1.165) is 38.3 Å². The Morgan fingerprint density at radius 3 is 2.52 bits per heavy atom. The molecule has 0 unspecified atom stereocenters. The van der Waals surface area contributed by atoms with Crippen molar-refractivity contribution < 1.29 is 4.79 Å². The molecule has 1 N–H and O–H groups in total. The molecule has 144 valence electrons. The number of halogens is 1. The zero-order chi connectivity index (χ0) is 19.2. The van der Waals surface area contributed by atoms with Crippen molar-refractivity contribution in [1.29, 1.82) is 0 Å². The molecule has 1 fully saturated rings. The van der Waals surface area contributed by atoms with E-state index in [-0.39, 0.29) is 5.91 Å². The number of benzene rings is 2. The van der Waals surface area contributed by atoms with Gasteiger partial charge in [-0.2, -0.15) is 0 Å². The highest BCUT2D eigenvalue weighted by atomic mass is 35.5. The topological polar surface area (TPSA) is 35.6 Å². The number of nitrogens with zero attached hydrogens (tertiary/aromatic N) is 2. The highest BCUT2D eigenvalue weighted by Gasteiger charge is 2.19. The predicted molar refractivity (Wildman–Crippen MR) is 112 cm³/mol. The van der Waals surface area contributed by atoms with Crippen LogP contribution in [-0.4, -0.2) is 43.5 Å². The van der Waals surface area contributed by atoms with Gasteiger partial charge in [0.25, 0.3) is 0 Å². The van der Waals surface area contributed by atoms with E-state index in [1.165, 1.54) is 16.8 Å². The van der Waals surface area contributed by atoms with Crippen LogP contribution >= 0.6 is 11.6 Å². The van der Waals surface area contributed by atoms with Crippen molar-refractivity contribution in [3.8, 4) is 0 Å². The molecule has 2 aromatic carbocycles. The van der Waals surface area contributed by atoms with Crippen LogP contribution in [0.3, 0.4) is 0 Å². The zero-order valence-corrected chi connectivity index (χ0v) is 16.9. The average molecular weight is 386 g/mol. The zero-order valence-electron chi connectivity index (χ0n) is 16.2. The van der Waals surface area contributed by atoms with Gasteiger partial charge in [0.05, 0.1) is 0 Å². The first-order valence-corrected chi connectivity index (χ1v) is 9.96. The van der Waals surface area contributed by atoms with Crippen LogP contribution < -0.4 is 10.2 Å². The molecule has 1 amide bonds. The van der Waals surface area contributed by atoms with E-state index >= 15 is 0 Å². The van der Waals surface area contributed by atoms with E-state index in [9.17, 15) is 4.79 Å². The predicted octanol–water partition coefficient (Wildman–Crippen LogP) is 3.79. The molecule has 2 aromatic rings. The Kier molecular flexibility index (Phi) is 6.75. The first kappa shape index (κ1) is 19.7. The lowest BCUT2D eigenvalue weighted by Gasteiger charge is -2.37. The van der Waals surface area contributed by atoms with Gasteiger partial charge in [0.15, 0.2) is 0 Å². The fourth-order valence-corrected chi connectivity index (χ4v) is 3.68. The maximum Gasteiger partial charge on any atom is 0.221 e. The molecular weight excluding hydrogens is 358 g/mol. The van der Waals surface area contributed by atoms with Crippen LogP contribution in [0.15, 0.2) is 42.5 Å². The summed E-state index contributed by atoms with van der Waals surface area (Å²) < 4.78 is 0. The number of hydrogen-bond donors (Lipinski definition) is 1. The normalized spacial score (nSPS) is 15.0. The smallest absolute Gasteiger partial charge is 0.221 e. The van der Waals surface area contributed by atoms with Crippen molar-refractivity contribution in [2.24, 2.45) is 0 Å². The monoisotopic (exact) mass is 385 g/mol. The molecule has 1 aliphatic heterocycles. The van der Waals surface area contributed by atoms with Crippen molar-refractivity contribution in [3.63, 3.8) is 0 Å². The third-order valence-electron chi connectivity index (χ3n) is 5.38. The number of amides is 1. The Morgan fingerprint density at radius 1 is 1.04 bits per heavy atom. The molecule has 0 bridgehead atoms. The number of hydrogen-bond acceptors (Lipinski definition) is 3. The second-order valence-electron chi connectivity index (χ2n) is 7.17. The van der Waals surface area contributed by atoms with Gasteiger partial charge in [-0.1, -0.05) is 41.9 Å². The second kappa shape index (κ2) is 9.25. The van der Waals surface area contributed by atoms with Crippen LogP contribution in [0.5, 0.6) is 0 Å². The number of rotatable bonds is 6. The summed E-state index contributed by atoms with van der Waals surface area (Å²) in [7, 11) is 0. The van der Waals surface area contributed by atoms with Gasteiger partial charge in [0.1, 0.15) is 0 Å². The van der Waals surface area contributed by atoms with Crippen LogP contribution in [0.4, 0.5) is 5.69 Å². The molecule has 5 heteroatoms. The Bertz CT molecular complexity index is 785. The molecule has 4 nitrogen and oxygen atoms in total. The van der Waals surface area contributed by atoms with Crippen LogP contribution in [0.2, 0.25) is 5.02 Å². The third kappa shape index (κ3) is 5.24. The van der Waals surface area contributed by atoms with Crippen LogP contribution in [0.1, 0.15) is 23.1 Å². The van der Waals surface area contributed by atoms with Crippen LogP contribution in [-0.2, 0) is 11.3 Å². The molecule has 0 saturated carbocycles. The van der Waals surface area contributed by atoms with Gasteiger partial charge >= 0.3 is 0 Å². The lowest BCUT2D eigenvalue weighted by atomic mass is 10.1. The standard InChI is InChI=1S/C22H28ClN3O/c1-17-6-5-9-21(18(17)2)26-14-12-25(13-15-26)11-10-22(27)24-16-19-7-3-4-8-20(19)23/h3-9H,10-16H2,1-2H3,(H,24,27). The van der Waals surface area contributed by atoms with E-state index in [1.807, 2.05) is 24.3 Å². The van der Waals surface area contributed by atoms with E-state index in [4.69, 9.17) is 11.6 Å². The summed E-state index contributed by atoms with van der Waals surface area (Å²) >= 11 is 6.13. The van der Waals surface area contributed by atoms with E-state index in [2.05, 4.69) is 47.2 Å². The van der Waals surface area contributed by atoms with Crippen molar-refractivity contribution in [3.05, 3.63) is 64.2 Å². The molecule has 27 heavy (non-hydrogen) atoms. The highest BCUT2D eigenvalue weighted by molar-refractivity contribution is 6.31. The van der Waals surface area contributed by atoms with E-state index < -0.39 is 0 Å². The fourth-order valence-electron chi connectivity index (χ4n) is 3.47. The first-order valence-electron chi connectivity index (χ1n) is 9.58. The second-order valence-corrected chi connectivity index (χ2v) is 7.57.